The molecule has 2 rings (SSSR count). The van der Waals surface area contributed by atoms with E-state index in [0.29, 0.717) is 17.1 Å². The molecule has 0 atom stereocenters. The van der Waals surface area contributed by atoms with E-state index >= 15 is 0 Å². The average molecular weight is 269 g/mol. The maximum Gasteiger partial charge on any atom is 0.303 e. The highest BCUT2D eigenvalue weighted by Gasteiger charge is 2.14. The van der Waals surface area contributed by atoms with Crippen LogP contribution in [0.3, 0.4) is 0 Å². The van der Waals surface area contributed by atoms with Crippen LogP contribution < -0.4 is 0 Å². The standard InChI is InChI=1S/C12H10ClFN2O2/c13-12-11(7-3-1-2-4-8(7)14)15-9(16-12)5-6-10(17)18/h1-4H,5-6H2,(H,15,16)(H,17,18). The largest absolute Gasteiger partial charge is 0.481 e. The molecule has 1 aromatic heterocycles. The fourth-order valence-corrected chi connectivity index (χ4v) is 1.83. The molecule has 0 bridgehead atoms. The Morgan fingerprint density at radius 1 is 1.44 bits per heavy atom. The smallest absolute Gasteiger partial charge is 0.303 e. The number of hydrogen-bond acceptors (Lipinski definition) is 2. The molecule has 1 heterocycles. The van der Waals surface area contributed by atoms with E-state index in [9.17, 15) is 9.18 Å². The first-order chi connectivity index (χ1) is 8.58. The lowest BCUT2D eigenvalue weighted by atomic mass is 10.1. The van der Waals surface area contributed by atoms with Gasteiger partial charge < -0.3 is 10.1 Å². The van der Waals surface area contributed by atoms with Crippen LogP contribution in [0.15, 0.2) is 24.3 Å². The van der Waals surface area contributed by atoms with E-state index in [1.807, 2.05) is 0 Å². The number of benzene rings is 1. The summed E-state index contributed by atoms with van der Waals surface area (Å²) in [5.74, 6) is -0.911. The number of nitrogens with zero attached hydrogens (tertiary/aromatic N) is 1. The predicted octanol–water partition coefficient (Wildman–Crippen LogP) is 2.89. The van der Waals surface area contributed by atoms with Crippen molar-refractivity contribution < 1.29 is 14.3 Å². The highest BCUT2D eigenvalue weighted by molar-refractivity contribution is 6.31. The molecular formula is C12H10ClFN2O2. The number of imidazole rings is 1. The van der Waals surface area contributed by atoms with Crippen LogP contribution in [-0.2, 0) is 11.2 Å². The van der Waals surface area contributed by atoms with Gasteiger partial charge in [-0.3, -0.25) is 4.79 Å². The lowest BCUT2D eigenvalue weighted by Crippen LogP contribution is -1.98. The van der Waals surface area contributed by atoms with Crippen LogP contribution in [0.25, 0.3) is 11.3 Å². The number of aryl methyl sites for hydroxylation is 1. The predicted molar refractivity (Wildman–Crippen MR) is 64.9 cm³/mol. The third-order valence-corrected chi connectivity index (χ3v) is 2.69. The summed E-state index contributed by atoms with van der Waals surface area (Å²) in [6.07, 6.45) is 0.171. The minimum absolute atomic E-state index is 0.0550. The summed E-state index contributed by atoms with van der Waals surface area (Å²) >= 11 is 5.93. The van der Waals surface area contributed by atoms with Gasteiger partial charge in [0.05, 0.1) is 6.42 Å². The number of halogens is 2. The fourth-order valence-electron chi connectivity index (χ4n) is 1.57. The molecular weight excluding hydrogens is 259 g/mol. The average Bonchev–Trinajstić information content (AvgIpc) is 2.69. The molecule has 0 aliphatic rings. The number of aromatic amines is 1. The molecule has 94 valence electrons. The molecule has 2 N–H and O–H groups in total. The van der Waals surface area contributed by atoms with E-state index in [-0.39, 0.29) is 18.0 Å². The maximum absolute atomic E-state index is 13.6. The topological polar surface area (TPSA) is 66.0 Å². The van der Waals surface area contributed by atoms with E-state index in [4.69, 9.17) is 16.7 Å². The van der Waals surface area contributed by atoms with Gasteiger partial charge in [-0.1, -0.05) is 23.7 Å². The zero-order valence-corrected chi connectivity index (χ0v) is 10.0. The second kappa shape index (κ2) is 5.18. The summed E-state index contributed by atoms with van der Waals surface area (Å²) in [4.78, 5) is 17.3. The van der Waals surface area contributed by atoms with Gasteiger partial charge in [0.2, 0.25) is 0 Å². The molecule has 0 amide bonds. The molecule has 0 fully saturated rings. The number of hydrogen-bond donors (Lipinski definition) is 2. The molecule has 0 saturated carbocycles. The molecule has 0 radical (unpaired) electrons. The molecule has 0 aliphatic carbocycles. The van der Waals surface area contributed by atoms with E-state index in [2.05, 4.69) is 9.97 Å². The number of H-pyrrole nitrogens is 1. The van der Waals surface area contributed by atoms with Gasteiger partial charge in [0.25, 0.3) is 0 Å². The first-order valence-corrected chi connectivity index (χ1v) is 5.67. The van der Waals surface area contributed by atoms with Crippen LogP contribution in [0.1, 0.15) is 12.2 Å². The van der Waals surface area contributed by atoms with Crippen molar-refractivity contribution in [2.75, 3.05) is 0 Å². The monoisotopic (exact) mass is 268 g/mol. The highest BCUT2D eigenvalue weighted by Crippen LogP contribution is 2.27. The van der Waals surface area contributed by atoms with E-state index in [0.717, 1.165) is 0 Å². The minimum atomic E-state index is -0.921. The van der Waals surface area contributed by atoms with Crippen molar-refractivity contribution in [1.29, 1.82) is 0 Å². The van der Waals surface area contributed by atoms with Crippen LogP contribution in [0, 0.1) is 5.82 Å². The number of rotatable bonds is 4. The van der Waals surface area contributed by atoms with Crippen molar-refractivity contribution in [2.24, 2.45) is 0 Å². The summed E-state index contributed by atoms with van der Waals surface area (Å²) in [5.41, 5.74) is 0.593. The summed E-state index contributed by atoms with van der Waals surface area (Å²) < 4.78 is 13.6. The number of aromatic nitrogens is 2. The Morgan fingerprint density at radius 2 is 2.17 bits per heavy atom. The maximum atomic E-state index is 13.6. The molecule has 0 saturated heterocycles. The Hall–Kier alpha value is -1.88. The third-order valence-electron chi connectivity index (χ3n) is 2.41. The van der Waals surface area contributed by atoms with Crippen molar-refractivity contribution >= 4 is 17.6 Å². The van der Waals surface area contributed by atoms with Gasteiger partial charge in [0.15, 0.2) is 0 Å². The van der Waals surface area contributed by atoms with E-state index in [1.165, 1.54) is 6.07 Å². The van der Waals surface area contributed by atoms with Crippen molar-refractivity contribution in [1.82, 2.24) is 9.97 Å². The van der Waals surface area contributed by atoms with Crippen LogP contribution in [0.5, 0.6) is 0 Å². The zero-order chi connectivity index (χ0) is 13.1. The van der Waals surface area contributed by atoms with E-state index in [1.54, 1.807) is 18.2 Å². The number of nitrogens with one attached hydrogen (secondary N) is 1. The normalized spacial score (nSPS) is 10.6. The molecule has 4 nitrogen and oxygen atoms in total. The molecule has 2 aromatic rings. The van der Waals surface area contributed by atoms with Gasteiger partial charge in [0, 0.05) is 12.0 Å². The second-order valence-corrected chi connectivity index (χ2v) is 4.10. The Kier molecular flexibility index (Phi) is 3.62. The number of carbonyl (C=O) groups is 1. The molecule has 0 aliphatic heterocycles. The third kappa shape index (κ3) is 2.68. The van der Waals surface area contributed by atoms with Gasteiger partial charge in [-0.05, 0) is 12.1 Å². The SMILES string of the molecule is O=C(O)CCc1nc(-c2ccccc2F)c(Cl)[nH]1. The lowest BCUT2D eigenvalue weighted by Gasteiger charge is -1.98. The second-order valence-electron chi connectivity index (χ2n) is 3.72. The Morgan fingerprint density at radius 3 is 2.83 bits per heavy atom. The van der Waals surface area contributed by atoms with Crippen molar-refractivity contribution in [3.8, 4) is 11.3 Å². The van der Waals surface area contributed by atoms with Crippen LogP contribution >= 0.6 is 11.6 Å². The first kappa shape index (κ1) is 12.6. The number of carboxylic acids is 1. The number of carboxylic acid groups (broad SMARTS) is 1. The highest BCUT2D eigenvalue weighted by atomic mass is 35.5. The summed E-state index contributed by atoms with van der Waals surface area (Å²) in [5, 5.41) is 8.79. The van der Waals surface area contributed by atoms with Gasteiger partial charge in [-0.15, -0.1) is 0 Å². The summed E-state index contributed by atoms with van der Waals surface area (Å²) in [7, 11) is 0. The lowest BCUT2D eigenvalue weighted by molar-refractivity contribution is -0.137. The Bertz CT molecular complexity index is 583. The van der Waals surface area contributed by atoms with Gasteiger partial charge in [0.1, 0.15) is 22.5 Å². The zero-order valence-electron chi connectivity index (χ0n) is 9.28. The molecule has 1 aromatic carbocycles. The fraction of sp³-hybridized carbons (Fsp3) is 0.167. The van der Waals surface area contributed by atoms with E-state index < -0.39 is 11.8 Å². The Labute approximate surface area is 107 Å². The van der Waals surface area contributed by atoms with Gasteiger partial charge >= 0.3 is 5.97 Å². The molecule has 18 heavy (non-hydrogen) atoms. The minimum Gasteiger partial charge on any atom is -0.481 e. The Balaban J connectivity index is 2.30. The summed E-state index contributed by atoms with van der Waals surface area (Å²) in [6, 6.07) is 6.14. The van der Waals surface area contributed by atoms with Crippen molar-refractivity contribution in [3.05, 3.63) is 41.1 Å². The quantitative estimate of drug-likeness (QED) is 0.896. The van der Waals surface area contributed by atoms with Gasteiger partial charge in [-0.25, -0.2) is 9.37 Å². The van der Waals surface area contributed by atoms with Gasteiger partial charge in [-0.2, -0.15) is 0 Å². The van der Waals surface area contributed by atoms with Crippen LogP contribution in [0.2, 0.25) is 5.15 Å². The molecule has 0 unspecified atom stereocenters. The summed E-state index contributed by atoms with van der Waals surface area (Å²) in [6.45, 7) is 0. The van der Waals surface area contributed by atoms with Crippen molar-refractivity contribution in [2.45, 2.75) is 12.8 Å². The van der Waals surface area contributed by atoms with Crippen molar-refractivity contribution in [3.63, 3.8) is 0 Å². The number of aliphatic carboxylic acids is 1. The van der Waals surface area contributed by atoms with Crippen LogP contribution in [-0.4, -0.2) is 21.0 Å². The first-order valence-electron chi connectivity index (χ1n) is 5.29. The molecule has 6 heteroatoms. The van der Waals surface area contributed by atoms with Crippen LogP contribution in [0.4, 0.5) is 4.39 Å². The molecule has 0 spiro atoms.